The Bertz CT molecular complexity index is 2590. The third-order valence-electron chi connectivity index (χ3n) is 10.4. The summed E-state index contributed by atoms with van der Waals surface area (Å²) in [6.45, 7) is 7.71. The van der Waals surface area contributed by atoms with Crippen LogP contribution in [0.25, 0.3) is 16.7 Å². The molecule has 5 heterocycles. The smallest absolute Gasteiger partial charge is 0.410 e. The molecule has 16 heteroatoms. The number of hydrogen-bond acceptors (Lipinski definition) is 10. The van der Waals surface area contributed by atoms with Crippen LogP contribution in [0.2, 0.25) is 0 Å². The predicted molar refractivity (Wildman–Crippen MR) is 216 cm³/mol. The number of pyridine rings is 1. The summed E-state index contributed by atoms with van der Waals surface area (Å²) in [7, 11) is 1.61. The van der Waals surface area contributed by atoms with Crippen molar-refractivity contribution in [1.29, 1.82) is 0 Å². The molecule has 0 radical (unpaired) electrons. The molecule has 304 valence electrons. The molecule has 2 saturated heterocycles. The van der Waals surface area contributed by atoms with E-state index in [4.69, 9.17) is 24.3 Å². The van der Waals surface area contributed by atoms with Crippen molar-refractivity contribution < 1.29 is 32.6 Å². The SMILES string of the molecule is COc1ccc(Cn2nc(N3CCC4CCN(C(=O)OC(C)(C)C)C4C3)c3c(Oc4ccc(NC(=O)c5ccnn(-c6ccc(F)cc6)c5=O)cc4F)ccnc32)cc1. The molecular formula is C43H42F2N8O6. The van der Waals surface area contributed by atoms with Gasteiger partial charge in [-0.3, -0.25) is 9.59 Å². The van der Waals surface area contributed by atoms with Gasteiger partial charge in [-0.15, -0.1) is 0 Å². The molecule has 2 fully saturated rings. The van der Waals surface area contributed by atoms with E-state index in [2.05, 4.69) is 15.3 Å². The highest BCUT2D eigenvalue weighted by Gasteiger charge is 2.43. The average Bonchev–Trinajstić information content (AvgIpc) is 3.81. The number of aromatic nitrogens is 5. The summed E-state index contributed by atoms with van der Waals surface area (Å²) in [5.41, 5.74) is 0.183. The van der Waals surface area contributed by atoms with Crippen molar-refractivity contribution in [3.8, 4) is 22.9 Å². The zero-order valence-corrected chi connectivity index (χ0v) is 32.9. The lowest BCUT2D eigenvalue weighted by Crippen LogP contribution is -2.51. The minimum atomic E-state index is -0.789. The topological polar surface area (TPSA) is 146 Å². The molecule has 59 heavy (non-hydrogen) atoms. The maximum Gasteiger partial charge on any atom is 0.410 e. The van der Waals surface area contributed by atoms with Crippen LogP contribution in [-0.2, 0) is 11.3 Å². The Kier molecular flexibility index (Phi) is 10.5. The van der Waals surface area contributed by atoms with Gasteiger partial charge in [0, 0.05) is 49.8 Å². The molecule has 0 bridgehead atoms. The van der Waals surface area contributed by atoms with E-state index in [1.54, 1.807) is 24.1 Å². The number of methoxy groups -OCH3 is 1. The lowest BCUT2D eigenvalue weighted by Gasteiger charge is -2.39. The Balaban J connectivity index is 1.08. The van der Waals surface area contributed by atoms with Crippen molar-refractivity contribution in [2.45, 2.75) is 51.8 Å². The molecule has 14 nitrogen and oxygen atoms in total. The first-order valence-electron chi connectivity index (χ1n) is 19.2. The van der Waals surface area contributed by atoms with Crippen LogP contribution in [-0.4, -0.2) is 79.8 Å². The molecular weight excluding hydrogens is 763 g/mol. The summed E-state index contributed by atoms with van der Waals surface area (Å²) < 4.78 is 49.5. The van der Waals surface area contributed by atoms with E-state index >= 15 is 4.39 Å². The Hall–Kier alpha value is -6.84. The van der Waals surface area contributed by atoms with Crippen LogP contribution in [0.4, 0.5) is 25.1 Å². The number of benzene rings is 3. The third kappa shape index (κ3) is 8.15. The number of carbonyl (C=O) groups is 2. The number of anilines is 2. The van der Waals surface area contributed by atoms with Gasteiger partial charge in [0.15, 0.2) is 23.0 Å². The number of halogens is 2. The summed E-state index contributed by atoms with van der Waals surface area (Å²) in [5.74, 6) is -0.272. The van der Waals surface area contributed by atoms with E-state index in [1.807, 2.05) is 49.9 Å². The van der Waals surface area contributed by atoms with Gasteiger partial charge in [0.25, 0.3) is 11.5 Å². The molecule has 0 spiro atoms. The van der Waals surface area contributed by atoms with Crippen LogP contribution in [0.5, 0.6) is 17.2 Å². The molecule has 2 aliphatic rings. The van der Waals surface area contributed by atoms with Gasteiger partial charge in [-0.1, -0.05) is 12.1 Å². The van der Waals surface area contributed by atoms with Crippen molar-refractivity contribution in [3.63, 3.8) is 0 Å². The molecule has 2 unspecified atom stereocenters. The van der Waals surface area contributed by atoms with Crippen LogP contribution in [0.15, 0.2) is 96.1 Å². The van der Waals surface area contributed by atoms with Crippen LogP contribution in [0.1, 0.15) is 49.5 Å². The summed E-state index contributed by atoms with van der Waals surface area (Å²) in [4.78, 5) is 48.3. The second kappa shape index (κ2) is 15.8. The number of nitrogens with zero attached hydrogens (tertiary/aromatic N) is 7. The number of ether oxygens (including phenoxy) is 3. The monoisotopic (exact) mass is 804 g/mol. The predicted octanol–water partition coefficient (Wildman–Crippen LogP) is 7.19. The van der Waals surface area contributed by atoms with Gasteiger partial charge < -0.3 is 29.3 Å². The fraction of sp³-hybridized carbons (Fsp3) is 0.302. The first-order valence-corrected chi connectivity index (χ1v) is 19.2. The first kappa shape index (κ1) is 39.0. The number of piperidine rings is 1. The molecule has 1 N–H and O–H groups in total. The highest BCUT2D eigenvalue weighted by Crippen LogP contribution is 2.41. The van der Waals surface area contributed by atoms with Crippen molar-refractivity contribution >= 4 is 34.5 Å². The molecule has 2 atom stereocenters. The minimum absolute atomic E-state index is 0.0752. The minimum Gasteiger partial charge on any atom is -0.497 e. The van der Waals surface area contributed by atoms with E-state index in [0.29, 0.717) is 54.7 Å². The van der Waals surface area contributed by atoms with Crippen molar-refractivity contribution in [2.24, 2.45) is 5.92 Å². The van der Waals surface area contributed by atoms with Crippen molar-refractivity contribution in [2.75, 3.05) is 37.0 Å². The number of likely N-dealkylation sites (tertiary alicyclic amines) is 1. The summed E-state index contributed by atoms with van der Waals surface area (Å²) >= 11 is 0. The van der Waals surface area contributed by atoms with Gasteiger partial charge in [0.1, 0.15) is 33.9 Å². The number of hydrogen-bond donors (Lipinski definition) is 1. The quantitative estimate of drug-likeness (QED) is 0.159. The standard InChI is InChI=1S/C43H42F2N8O6/c1-43(2,3)59-42(56)51-22-18-27-17-21-50(25-34(27)51)39-37-36(16-19-46-38(37)52(49-39)24-26-5-12-31(57-4)13-6-26)58-35-14-9-29(23-33(35)45)48-40(54)32-15-20-47-53(41(32)55)30-10-7-28(44)8-11-30/h5-16,19-20,23,27,34H,17-18,21-22,24-25H2,1-4H3,(H,48,54). The third-order valence-corrected chi connectivity index (χ3v) is 10.4. The van der Waals surface area contributed by atoms with Gasteiger partial charge in [-0.25, -0.2) is 23.2 Å². The molecule has 6 aromatic rings. The highest BCUT2D eigenvalue weighted by atomic mass is 19.1. The van der Waals surface area contributed by atoms with Gasteiger partial charge in [0.05, 0.1) is 25.4 Å². The Morgan fingerprint density at radius 3 is 2.41 bits per heavy atom. The van der Waals surface area contributed by atoms with E-state index in [9.17, 15) is 18.8 Å². The van der Waals surface area contributed by atoms with Crippen LogP contribution in [0, 0.1) is 17.6 Å². The number of amides is 2. The second-order valence-electron chi connectivity index (χ2n) is 15.5. The molecule has 2 amide bonds. The maximum atomic E-state index is 15.9. The van der Waals surface area contributed by atoms with Gasteiger partial charge >= 0.3 is 6.09 Å². The molecule has 8 rings (SSSR count). The molecule has 2 aliphatic heterocycles. The van der Waals surface area contributed by atoms with E-state index < -0.39 is 28.7 Å². The first-order chi connectivity index (χ1) is 28.3. The van der Waals surface area contributed by atoms with Crippen LogP contribution < -0.4 is 25.2 Å². The number of nitrogens with one attached hydrogen (secondary N) is 1. The Morgan fingerprint density at radius 2 is 1.68 bits per heavy atom. The van der Waals surface area contributed by atoms with E-state index in [1.165, 1.54) is 48.7 Å². The lowest BCUT2D eigenvalue weighted by atomic mass is 9.92. The Labute approximate surface area is 337 Å². The average molecular weight is 805 g/mol. The summed E-state index contributed by atoms with van der Waals surface area (Å²) in [5, 5.41) is 12.2. The lowest BCUT2D eigenvalue weighted by molar-refractivity contribution is 0.0203. The van der Waals surface area contributed by atoms with Crippen molar-refractivity contribution in [1.82, 2.24) is 29.4 Å². The van der Waals surface area contributed by atoms with E-state index in [-0.39, 0.29) is 34.8 Å². The maximum absolute atomic E-state index is 15.9. The molecule has 3 aromatic carbocycles. The highest BCUT2D eigenvalue weighted by molar-refractivity contribution is 6.04. The van der Waals surface area contributed by atoms with Crippen LogP contribution >= 0.6 is 0 Å². The number of carbonyl (C=O) groups excluding carboxylic acids is 2. The summed E-state index contributed by atoms with van der Waals surface area (Å²) in [6.07, 6.45) is 4.21. The molecule has 0 aliphatic carbocycles. The van der Waals surface area contributed by atoms with Gasteiger partial charge in [-0.05, 0) is 99.7 Å². The second-order valence-corrected chi connectivity index (χ2v) is 15.5. The fourth-order valence-corrected chi connectivity index (χ4v) is 7.58. The number of rotatable bonds is 9. The zero-order chi connectivity index (χ0) is 41.4. The normalized spacial score (nSPS) is 16.5. The Morgan fingerprint density at radius 1 is 0.915 bits per heavy atom. The molecule has 3 aromatic heterocycles. The van der Waals surface area contributed by atoms with E-state index in [0.717, 1.165) is 34.9 Å². The van der Waals surface area contributed by atoms with Gasteiger partial charge in [-0.2, -0.15) is 14.9 Å². The largest absolute Gasteiger partial charge is 0.497 e. The van der Waals surface area contributed by atoms with Crippen molar-refractivity contribution in [3.05, 3.63) is 124 Å². The fourth-order valence-electron chi connectivity index (χ4n) is 7.58. The molecule has 0 saturated carbocycles. The zero-order valence-electron chi connectivity index (χ0n) is 32.9. The van der Waals surface area contributed by atoms with Gasteiger partial charge in [0.2, 0.25) is 0 Å². The number of fused-ring (bicyclic) bond motifs is 2. The van der Waals surface area contributed by atoms with Crippen LogP contribution in [0.3, 0.4) is 0 Å². The summed E-state index contributed by atoms with van der Waals surface area (Å²) in [6, 6.07) is 19.4.